The second-order valence-electron chi connectivity index (χ2n) is 3.79. The summed E-state index contributed by atoms with van der Waals surface area (Å²) in [6.45, 7) is 3.90. The van der Waals surface area contributed by atoms with Gasteiger partial charge < -0.3 is 10.5 Å². The molecule has 1 rings (SSSR count). The smallest absolute Gasteiger partial charge is 0.337 e. The van der Waals surface area contributed by atoms with Gasteiger partial charge in [0.2, 0.25) is 0 Å². The van der Waals surface area contributed by atoms with Crippen molar-refractivity contribution in [1.82, 2.24) is 0 Å². The molecule has 0 heterocycles. The molecule has 1 fully saturated rings. The molecule has 3 nitrogen and oxygen atoms in total. The summed E-state index contributed by atoms with van der Waals surface area (Å²) in [5, 5.41) is 0. The molecule has 0 saturated heterocycles. The van der Waals surface area contributed by atoms with Gasteiger partial charge in [-0.1, -0.05) is 25.2 Å². The van der Waals surface area contributed by atoms with Crippen LogP contribution in [0.25, 0.3) is 0 Å². The summed E-state index contributed by atoms with van der Waals surface area (Å²) in [5.41, 5.74) is 6.31. The molecule has 0 aliphatic heterocycles. The maximum atomic E-state index is 11.2. The zero-order valence-corrected chi connectivity index (χ0v) is 8.91. The number of rotatable bonds is 3. The molecule has 0 radical (unpaired) electrons. The fourth-order valence-electron chi connectivity index (χ4n) is 1.35. The highest BCUT2D eigenvalue weighted by molar-refractivity contribution is 5.91. The average Bonchev–Trinajstić information content (AvgIpc) is 2.75. The Morgan fingerprint density at radius 3 is 2.57 bits per heavy atom. The molecule has 0 amide bonds. The van der Waals surface area contributed by atoms with Crippen molar-refractivity contribution in [1.29, 1.82) is 0 Å². The van der Waals surface area contributed by atoms with Crippen molar-refractivity contribution < 1.29 is 9.53 Å². The highest BCUT2D eigenvalue weighted by atomic mass is 16.5. The predicted octanol–water partition coefficient (Wildman–Crippen LogP) is 1.40. The topological polar surface area (TPSA) is 52.3 Å². The molecule has 3 heteroatoms. The fraction of sp³-hybridized carbons (Fsp3) is 0.545. The van der Waals surface area contributed by atoms with Crippen LogP contribution in [-0.2, 0) is 9.53 Å². The van der Waals surface area contributed by atoms with Crippen molar-refractivity contribution in [3.8, 4) is 0 Å². The second kappa shape index (κ2) is 3.96. The van der Waals surface area contributed by atoms with Gasteiger partial charge in [0, 0.05) is 5.54 Å². The van der Waals surface area contributed by atoms with E-state index in [1.54, 1.807) is 19.1 Å². The van der Waals surface area contributed by atoms with Gasteiger partial charge in [0.05, 0.1) is 12.7 Å². The third kappa shape index (κ3) is 2.23. The minimum absolute atomic E-state index is 0.206. The molecule has 2 atom stereocenters. The first-order chi connectivity index (χ1) is 6.53. The van der Waals surface area contributed by atoms with Gasteiger partial charge in [-0.15, -0.1) is 0 Å². The van der Waals surface area contributed by atoms with Crippen LogP contribution in [0.5, 0.6) is 0 Å². The van der Waals surface area contributed by atoms with E-state index in [0.29, 0.717) is 11.5 Å². The Bertz CT molecular complexity index is 294. The second-order valence-corrected chi connectivity index (χ2v) is 3.79. The summed E-state index contributed by atoms with van der Waals surface area (Å²) in [5.74, 6) is 0.190. The lowest BCUT2D eigenvalue weighted by Gasteiger charge is -2.03. The minimum Gasteiger partial charge on any atom is -0.465 e. The predicted molar refractivity (Wildman–Crippen MR) is 55.6 cm³/mol. The first-order valence-electron chi connectivity index (χ1n) is 4.76. The largest absolute Gasteiger partial charge is 0.465 e. The number of carbonyl (C=O) groups is 1. The van der Waals surface area contributed by atoms with Crippen molar-refractivity contribution in [2.45, 2.75) is 25.8 Å². The maximum Gasteiger partial charge on any atom is 0.337 e. The van der Waals surface area contributed by atoms with E-state index in [0.717, 1.165) is 6.42 Å². The number of nitrogens with two attached hydrogens (primary N) is 1. The number of hydrogen-bond donors (Lipinski definition) is 1. The Balaban J connectivity index is 2.63. The molecule has 0 aromatic rings. The molecule has 78 valence electrons. The molecule has 1 saturated carbocycles. The van der Waals surface area contributed by atoms with Crippen LogP contribution >= 0.6 is 0 Å². The van der Waals surface area contributed by atoms with Gasteiger partial charge in [-0.05, 0) is 19.3 Å². The lowest BCUT2D eigenvalue weighted by atomic mass is 10.1. The SMILES string of the molecule is C/C=C(\C=C/C1(N)CC1C)C(=O)OC. The lowest BCUT2D eigenvalue weighted by Crippen LogP contribution is -2.21. The molecule has 2 unspecified atom stereocenters. The quantitative estimate of drug-likeness (QED) is 0.420. The standard InChI is InChI=1S/C11H17NO2/c1-4-9(10(13)14-3)5-6-11(12)7-8(11)2/h4-6,8H,7,12H2,1-3H3/b6-5-,9-4+. The Hall–Kier alpha value is -1.09. The van der Waals surface area contributed by atoms with Crippen molar-refractivity contribution in [2.24, 2.45) is 11.7 Å². The van der Waals surface area contributed by atoms with E-state index >= 15 is 0 Å². The lowest BCUT2D eigenvalue weighted by molar-refractivity contribution is -0.135. The van der Waals surface area contributed by atoms with Crippen molar-refractivity contribution >= 4 is 5.97 Å². The van der Waals surface area contributed by atoms with Crippen molar-refractivity contribution in [3.63, 3.8) is 0 Å². The van der Waals surface area contributed by atoms with Crippen LogP contribution in [-0.4, -0.2) is 18.6 Å². The molecule has 1 aliphatic rings. The number of hydrogen-bond acceptors (Lipinski definition) is 3. The van der Waals surface area contributed by atoms with Gasteiger partial charge in [0.15, 0.2) is 0 Å². The number of esters is 1. The molecule has 14 heavy (non-hydrogen) atoms. The highest BCUT2D eigenvalue weighted by Gasteiger charge is 2.45. The van der Waals surface area contributed by atoms with E-state index in [4.69, 9.17) is 5.73 Å². The zero-order chi connectivity index (χ0) is 10.8. The van der Waals surface area contributed by atoms with Crippen LogP contribution in [0.3, 0.4) is 0 Å². The van der Waals surface area contributed by atoms with E-state index in [2.05, 4.69) is 11.7 Å². The Kier molecular flexibility index (Phi) is 3.11. The highest BCUT2D eigenvalue weighted by Crippen LogP contribution is 2.41. The van der Waals surface area contributed by atoms with Crippen LogP contribution in [0.1, 0.15) is 20.3 Å². The Morgan fingerprint density at radius 2 is 2.21 bits per heavy atom. The van der Waals surface area contributed by atoms with Gasteiger partial charge in [-0.3, -0.25) is 0 Å². The number of carbonyl (C=O) groups excluding carboxylic acids is 1. The normalized spacial score (nSPS) is 32.0. The number of ether oxygens (including phenoxy) is 1. The molecular weight excluding hydrogens is 178 g/mol. The van der Waals surface area contributed by atoms with E-state index in [9.17, 15) is 4.79 Å². The summed E-state index contributed by atoms with van der Waals surface area (Å²) < 4.78 is 4.62. The molecule has 0 spiro atoms. The third-order valence-electron chi connectivity index (χ3n) is 2.72. The van der Waals surface area contributed by atoms with Gasteiger partial charge in [-0.2, -0.15) is 0 Å². The van der Waals surface area contributed by atoms with Gasteiger partial charge >= 0.3 is 5.97 Å². The van der Waals surface area contributed by atoms with Crippen LogP contribution in [0.4, 0.5) is 0 Å². The molecule has 2 N–H and O–H groups in total. The summed E-state index contributed by atoms with van der Waals surface area (Å²) >= 11 is 0. The first-order valence-corrected chi connectivity index (χ1v) is 4.76. The fourth-order valence-corrected chi connectivity index (χ4v) is 1.35. The Labute approximate surface area is 84.6 Å². The number of methoxy groups -OCH3 is 1. The minimum atomic E-state index is -0.319. The summed E-state index contributed by atoms with van der Waals surface area (Å²) in [7, 11) is 1.37. The maximum absolute atomic E-state index is 11.2. The van der Waals surface area contributed by atoms with Crippen LogP contribution in [0.2, 0.25) is 0 Å². The zero-order valence-electron chi connectivity index (χ0n) is 8.91. The monoisotopic (exact) mass is 195 g/mol. The Morgan fingerprint density at radius 1 is 1.64 bits per heavy atom. The van der Waals surface area contributed by atoms with E-state index < -0.39 is 0 Å². The van der Waals surface area contributed by atoms with Crippen molar-refractivity contribution in [3.05, 3.63) is 23.8 Å². The number of allylic oxidation sites excluding steroid dienone is 1. The first kappa shape index (κ1) is 11.0. The van der Waals surface area contributed by atoms with E-state index in [-0.39, 0.29) is 11.5 Å². The van der Waals surface area contributed by atoms with Crippen LogP contribution < -0.4 is 5.73 Å². The molecule has 0 aromatic heterocycles. The van der Waals surface area contributed by atoms with Gasteiger partial charge in [0.1, 0.15) is 0 Å². The molecule has 0 aromatic carbocycles. The van der Waals surface area contributed by atoms with Crippen LogP contribution in [0.15, 0.2) is 23.8 Å². The van der Waals surface area contributed by atoms with E-state index in [1.165, 1.54) is 7.11 Å². The summed E-state index contributed by atoms with van der Waals surface area (Å²) in [4.78, 5) is 11.2. The van der Waals surface area contributed by atoms with E-state index in [1.807, 2.05) is 6.08 Å². The molecule has 0 bridgehead atoms. The van der Waals surface area contributed by atoms with Gasteiger partial charge in [0.25, 0.3) is 0 Å². The molecular formula is C11H17NO2. The van der Waals surface area contributed by atoms with Crippen molar-refractivity contribution in [2.75, 3.05) is 7.11 Å². The van der Waals surface area contributed by atoms with Gasteiger partial charge in [-0.25, -0.2) is 4.79 Å². The van der Waals surface area contributed by atoms with Crippen LogP contribution in [0, 0.1) is 5.92 Å². The third-order valence-corrected chi connectivity index (χ3v) is 2.72. The molecule has 1 aliphatic carbocycles. The average molecular weight is 195 g/mol. The summed E-state index contributed by atoms with van der Waals surface area (Å²) in [6.07, 6.45) is 6.35. The summed E-state index contributed by atoms with van der Waals surface area (Å²) in [6, 6.07) is 0.